The van der Waals surface area contributed by atoms with E-state index < -0.39 is 11.6 Å². The van der Waals surface area contributed by atoms with Gasteiger partial charge in [-0.1, -0.05) is 0 Å². The fourth-order valence-electron chi connectivity index (χ4n) is 4.69. The highest BCUT2D eigenvalue weighted by Gasteiger charge is 2.30. The molecule has 0 spiro atoms. The summed E-state index contributed by atoms with van der Waals surface area (Å²) in [5.74, 6) is -0.853. The molecule has 5 rings (SSSR count). The highest BCUT2D eigenvalue weighted by atomic mass is 19.1. The number of amides is 1. The van der Waals surface area contributed by atoms with E-state index >= 15 is 0 Å². The van der Waals surface area contributed by atoms with Crippen molar-refractivity contribution in [3.05, 3.63) is 59.3 Å². The van der Waals surface area contributed by atoms with Crippen molar-refractivity contribution in [2.45, 2.75) is 25.7 Å². The molecule has 0 radical (unpaired) electrons. The van der Waals surface area contributed by atoms with Gasteiger partial charge in [0.2, 0.25) is 5.91 Å². The van der Waals surface area contributed by atoms with Crippen LogP contribution < -0.4 is 14.5 Å². The summed E-state index contributed by atoms with van der Waals surface area (Å²) in [6.45, 7) is 0.995. The van der Waals surface area contributed by atoms with Crippen LogP contribution in [0.25, 0.3) is 10.9 Å². The molecule has 0 bridgehead atoms. The van der Waals surface area contributed by atoms with Crippen LogP contribution in [-0.2, 0) is 17.6 Å². The maximum absolute atomic E-state index is 14.3. The van der Waals surface area contributed by atoms with Crippen molar-refractivity contribution in [1.29, 1.82) is 0 Å². The highest BCUT2D eigenvalue weighted by Crippen LogP contribution is 2.38. The van der Waals surface area contributed by atoms with E-state index in [-0.39, 0.29) is 18.1 Å². The molecule has 1 aromatic heterocycles. The average Bonchev–Trinajstić information content (AvgIpc) is 2.77. The lowest BCUT2D eigenvalue weighted by molar-refractivity contribution is -0.117. The Morgan fingerprint density at radius 2 is 1.87 bits per heavy atom. The van der Waals surface area contributed by atoms with E-state index in [0.717, 1.165) is 59.8 Å². The van der Waals surface area contributed by atoms with Crippen LogP contribution in [-0.4, -0.2) is 37.6 Å². The van der Waals surface area contributed by atoms with Crippen LogP contribution in [0.3, 0.4) is 0 Å². The fourth-order valence-corrected chi connectivity index (χ4v) is 4.69. The van der Waals surface area contributed by atoms with Gasteiger partial charge in [-0.2, -0.15) is 0 Å². The number of pyridine rings is 1. The molecule has 0 saturated carbocycles. The number of hydrogen-bond acceptors (Lipinski definition) is 4. The minimum Gasteiger partial charge on any atom is -0.497 e. The Labute approximate surface area is 179 Å². The summed E-state index contributed by atoms with van der Waals surface area (Å²) >= 11 is 0. The maximum Gasteiger partial charge on any atom is 0.246 e. The van der Waals surface area contributed by atoms with Crippen LogP contribution >= 0.6 is 0 Å². The van der Waals surface area contributed by atoms with Gasteiger partial charge in [-0.3, -0.25) is 9.78 Å². The van der Waals surface area contributed by atoms with Crippen molar-refractivity contribution in [2.24, 2.45) is 0 Å². The molecule has 1 fully saturated rings. The summed E-state index contributed by atoms with van der Waals surface area (Å²) in [5, 5.41) is 0.967. The van der Waals surface area contributed by atoms with E-state index in [4.69, 9.17) is 9.72 Å². The van der Waals surface area contributed by atoms with E-state index in [9.17, 15) is 13.6 Å². The molecule has 1 saturated heterocycles. The van der Waals surface area contributed by atoms with Gasteiger partial charge in [0.25, 0.3) is 0 Å². The van der Waals surface area contributed by atoms with Gasteiger partial charge >= 0.3 is 0 Å². The van der Waals surface area contributed by atoms with E-state index in [0.29, 0.717) is 13.1 Å². The normalized spacial score (nSPS) is 16.5. The number of methoxy groups -OCH3 is 1. The topological polar surface area (TPSA) is 45.7 Å². The Bertz CT molecular complexity index is 1180. The van der Waals surface area contributed by atoms with Gasteiger partial charge in [0.1, 0.15) is 17.4 Å². The summed E-state index contributed by atoms with van der Waals surface area (Å²) < 4.78 is 33.0. The van der Waals surface area contributed by atoms with Gasteiger partial charge in [-0.25, -0.2) is 8.78 Å². The average molecular weight is 423 g/mol. The molecule has 5 nitrogen and oxygen atoms in total. The molecule has 160 valence electrons. The SMILES string of the molecule is COc1ccc2nc3c(c(N4CCN(c5ccc(F)cc5F)C(=O)C4)c2c1)CCCC3. The second-order valence-corrected chi connectivity index (χ2v) is 8.04. The number of halogens is 2. The third-order valence-corrected chi connectivity index (χ3v) is 6.18. The first-order valence-corrected chi connectivity index (χ1v) is 10.5. The predicted molar refractivity (Wildman–Crippen MR) is 116 cm³/mol. The number of carbonyl (C=O) groups is 1. The summed E-state index contributed by atoms with van der Waals surface area (Å²) in [7, 11) is 1.63. The van der Waals surface area contributed by atoms with Gasteiger partial charge in [0.05, 0.1) is 30.5 Å². The Hall–Kier alpha value is -3.22. The third kappa shape index (κ3) is 3.48. The number of piperazine rings is 1. The lowest BCUT2D eigenvalue weighted by Crippen LogP contribution is -2.51. The van der Waals surface area contributed by atoms with Crippen molar-refractivity contribution >= 4 is 28.2 Å². The lowest BCUT2D eigenvalue weighted by atomic mass is 9.92. The van der Waals surface area contributed by atoms with E-state index in [1.807, 2.05) is 18.2 Å². The molecule has 2 aromatic carbocycles. The van der Waals surface area contributed by atoms with Gasteiger partial charge in [0, 0.05) is 30.2 Å². The molecule has 2 aliphatic rings. The number of benzene rings is 2. The zero-order valence-corrected chi connectivity index (χ0v) is 17.3. The molecule has 7 heteroatoms. The summed E-state index contributed by atoms with van der Waals surface area (Å²) in [4.78, 5) is 21.4. The lowest BCUT2D eigenvalue weighted by Gasteiger charge is -2.38. The molecule has 1 amide bonds. The van der Waals surface area contributed by atoms with Gasteiger partial charge in [-0.05, 0) is 61.6 Å². The van der Waals surface area contributed by atoms with Crippen LogP contribution in [0.4, 0.5) is 20.2 Å². The van der Waals surface area contributed by atoms with Crippen molar-refractivity contribution in [1.82, 2.24) is 4.98 Å². The summed E-state index contributed by atoms with van der Waals surface area (Å²) in [6.07, 6.45) is 4.05. The van der Waals surface area contributed by atoms with E-state index in [2.05, 4.69) is 4.90 Å². The van der Waals surface area contributed by atoms with Crippen LogP contribution in [0.1, 0.15) is 24.1 Å². The molecule has 3 aromatic rings. The smallest absolute Gasteiger partial charge is 0.246 e. The van der Waals surface area contributed by atoms with E-state index in [1.165, 1.54) is 22.6 Å². The number of anilines is 2. The van der Waals surface area contributed by atoms with Crippen LogP contribution in [0, 0.1) is 11.6 Å². The first-order chi connectivity index (χ1) is 15.0. The van der Waals surface area contributed by atoms with Gasteiger partial charge < -0.3 is 14.5 Å². The Kier molecular flexibility index (Phi) is 4.96. The van der Waals surface area contributed by atoms with Gasteiger partial charge in [-0.15, -0.1) is 0 Å². The summed E-state index contributed by atoms with van der Waals surface area (Å²) in [6, 6.07) is 9.15. The molecular formula is C24H23F2N3O2. The second-order valence-electron chi connectivity index (χ2n) is 8.04. The maximum atomic E-state index is 14.3. The molecule has 1 aliphatic carbocycles. The first-order valence-electron chi connectivity index (χ1n) is 10.5. The van der Waals surface area contributed by atoms with Crippen molar-refractivity contribution < 1.29 is 18.3 Å². The van der Waals surface area contributed by atoms with Crippen LogP contribution in [0.15, 0.2) is 36.4 Å². The molecule has 1 aliphatic heterocycles. The fraction of sp³-hybridized carbons (Fsp3) is 0.333. The number of rotatable bonds is 3. The molecular weight excluding hydrogens is 400 g/mol. The van der Waals surface area contributed by atoms with Crippen LogP contribution in [0.2, 0.25) is 0 Å². The zero-order chi connectivity index (χ0) is 21.5. The standard InChI is InChI=1S/C24H23F2N3O2/c1-31-16-7-8-21-18(13-16)24(17-4-2-3-5-20(17)27-21)28-10-11-29(23(30)14-28)22-9-6-15(25)12-19(22)26/h6-9,12-13H,2-5,10-11,14H2,1H3. The summed E-state index contributed by atoms with van der Waals surface area (Å²) in [5.41, 5.74) is 4.33. The minimum atomic E-state index is -0.724. The molecule has 0 N–H and O–H groups in total. The third-order valence-electron chi connectivity index (χ3n) is 6.18. The number of hydrogen-bond donors (Lipinski definition) is 0. The molecule has 0 unspecified atom stereocenters. The number of carbonyl (C=O) groups excluding carboxylic acids is 1. The highest BCUT2D eigenvalue weighted by molar-refractivity contribution is 6.01. The molecule has 0 atom stereocenters. The van der Waals surface area contributed by atoms with Crippen LogP contribution in [0.5, 0.6) is 5.75 Å². The number of ether oxygens (including phenoxy) is 1. The van der Waals surface area contributed by atoms with Gasteiger partial charge in [0.15, 0.2) is 0 Å². The Balaban J connectivity index is 1.54. The number of aryl methyl sites for hydroxylation is 1. The Morgan fingerprint density at radius 3 is 2.65 bits per heavy atom. The number of nitrogens with zero attached hydrogens (tertiary/aromatic N) is 3. The number of aromatic nitrogens is 1. The quantitative estimate of drug-likeness (QED) is 0.632. The monoisotopic (exact) mass is 423 g/mol. The minimum absolute atomic E-state index is 0.120. The van der Waals surface area contributed by atoms with Crippen molar-refractivity contribution in [3.8, 4) is 5.75 Å². The Morgan fingerprint density at radius 1 is 1.03 bits per heavy atom. The second kappa shape index (κ2) is 7.80. The number of fused-ring (bicyclic) bond motifs is 2. The van der Waals surface area contributed by atoms with Crippen molar-refractivity contribution in [3.63, 3.8) is 0 Å². The van der Waals surface area contributed by atoms with Crippen molar-refractivity contribution in [2.75, 3.05) is 36.5 Å². The predicted octanol–water partition coefficient (Wildman–Crippen LogP) is 4.25. The molecule has 31 heavy (non-hydrogen) atoms. The molecule has 2 heterocycles. The zero-order valence-electron chi connectivity index (χ0n) is 17.3. The first kappa shape index (κ1) is 19.7. The largest absolute Gasteiger partial charge is 0.497 e. The van der Waals surface area contributed by atoms with E-state index in [1.54, 1.807) is 7.11 Å².